The van der Waals surface area contributed by atoms with Crippen LogP contribution in [0.5, 0.6) is 0 Å². The summed E-state index contributed by atoms with van der Waals surface area (Å²) in [6, 6.07) is 3.14. The molecule has 0 aliphatic rings. The molecule has 0 saturated heterocycles. The normalized spacial score (nSPS) is 11.4. The Morgan fingerprint density at radius 2 is 1.94 bits per heavy atom. The zero-order valence-corrected chi connectivity index (χ0v) is 8.54. The van der Waals surface area contributed by atoms with Crippen LogP contribution in [0.4, 0.5) is 18.9 Å². The Bertz CT molecular complexity index is 368. The van der Waals surface area contributed by atoms with Gasteiger partial charge in [0.2, 0.25) is 0 Å². The number of anilines is 1. The molecule has 0 aromatic heterocycles. The van der Waals surface area contributed by atoms with Crippen LogP contribution in [0.15, 0.2) is 18.2 Å². The maximum atomic E-state index is 12.6. The molecule has 0 saturated carbocycles. The first-order chi connectivity index (χ1) is 7.36. The average molecular weight is 233 g/mol. The lowest BCUT2D eigenvalue weighted by Crippen LogP contribution is -2.31. The molecular weight excluding hydrogens is 222 g/mol. The average Bonchev–Trinajstić information content (AvgIpc) is 2.16. The minimum atomic E-state index is -4.53. The predicted molar refractivity (Wildman–Crippen MR) is 55.4 cm³/mol. The van der Waals surface area contributed by atoms with Crippen LogP contribution in [0.2, 0.25) is 0 Å². The quantitative estimate of drug-likeness (QED) is 0.677. The highest BCUT2D eigenvalue weighted by Crippen LogP contribution is 2.34. The summed E-state index contributed by atoms with van der Waals surface area (Å²) in [6.45, 7) is 2.03. The highest BCUT2D eigenvalue weighted by molar-refractivity contribution is 6.58. The molecule has 0 radical (unpaired) electrons. The van der Waals surface area contributed by atoms with Gasteiger partial charge in [0.25, 0.3) is 0 Å². The second-order valence-corrected chi connectivity index (χ2v) is 3.21. The van der Waals surface area contributed by atoms with E-state index in [1.807, 2.05) is 0 Å². The number of alkyl halides is 3. The van der Waals surface area contributed by atoms with Gasteiger partial charge in [-0.1, -0.05) is 6.07 Å². The van der Waals surface area contributed by atoms with Crippen molar-refractivity contribution < 1.29 is 23.2 Å². The summed E-state index contributed by atoms with van der Waals surface area (Å²) in [6.07, 6.45) is -4.53. The number of hydrogen-bond acceptors (Lipinski definition) is 3. The van der Waals surface area contributed by atoms with E-state index in [-0.39, 0.29) is 11.2 Å². The Morgan fingerprint density at radius 3 is 2.38 bits per heavy atom. The molecule has 3 nitrogen and oxygen atoms in total. The van der Waals surface area contributed by atoms with Crippen LogP contribution in [0.25, 0.3) is 0 Å². The second-order valence-electron chi connectivity index (χ2n) is 3.21. The number of benzene rings is 1. The fraction of sp³-hybridized carbons (Fsp3) is 0.333. The maximum Gasteiger partial charge on any atom is 0.488 e. The summed E-state index contributed by atoms with van der Waals surface area (Å²) in [5.74, 6) is 0. The zero-order valence-electron chi connectivity index (χ0n) is 8.54. The molecule has 0 atom stereocenters. The second kappa shape index (κ2) is 4.75. The van der Waals surface area contributed by atoms with Gasteiger partial charge >= 0.3 is 13.3 Å². The third kappa shape index (κ3) is 2.90. The topological polar surface area (TPSA) is 52.5 Å². The van der Waals surface area contributed by atoms with Crippen LogP contribution < -0.4 is 10.8 Å². The Morgan fingerprint density at radius 1 is 1.31 bits per heavy atom. The fourth-order valence-electron chi connectivity index (χ4n) is 1.30. The molecule has 0 aliphatic carbocycles. The Hall–Kier alpha value is -1.21. The summed E-state index contributed by atoms with van der Waals surface area (Å²) in [4.78, 5) is 0. The first kappa shape index (κ1) is 12.9. The minimum absolute atomic E-state index is 0.0700. The van der Waals surface area contributed by atoms with E-state index in [1.165, 1.54) is 12.1 Å². The molecule has 7 heteroatoms. The van der Waals surface area contributed by atoms with E-state index in [4.69, 9.17) is 10.0 Å². The zero-order chi connectivity index (χ0) is 12.3. The lowest BCUT2D eigenvalue weighted by molar-refractivity contribution is -0.136. The molecule has 1 aromatic carbocycles. The molecule has 1 aromatic rings. The monoisotopic (exact) mass is 233 g/mol. The maximum absolute atomic E-state index is 12.6. The van der Waals surface area contributed by atoms with Crippen molar-refractivity contribution in [2.24, 2.45) is 0 Å². The van der Waals surface area contributed by atoms with Crippen molar-refractivity contribution in [1.29, 1.82) is 0 Å². The third-order valence-electron chi connectivity index (χ3n) is 2.01. The molecule has 0 heterocycles. The van der Waals surface area contributed by atoms with Gasteiger partial charge in [-0.15, -0.1) is 0 Å². The van der Waals surface area contributed by atoms with Gasteiger partial charge in [-0.25, -0.2) is 0 Å². The Labute approximate surface area is 91.1 Å². The van der Waals surface area contributed by atoms with Crippen molar-refractivity contribution in [3.8, 4) is 0 Å². The third-order valence-corrected chi connectivity index (χ3v) is 2.01. The SMILES string of the molecule is CCNc1ccc(B(O)O)cc1C(F)(F)F. The van der Waals surface area contributed by atoms with Gasteiger partial charge in [-0.05, 0) is 24.5 Å². The van der Waals surface area contributed by atoms with Crippen molar-refractivity contribution >= 4 is 18.3 Å². The van der Waals surface area contributed by atoms with Gasteiger partial charge in [0.05, 0.1) is 5.56 Å². The molecule has 0 fully saturated rings. The highest BCUT2D eigenvalue weighted by atomic mass is 19.4. The summed E-state index contributed by atoms with van der Waals surface area (Å²) >= 11 is 0. The van der Waals surface area contributed by atoms with Crippen LogP contribution in [0, 0.1) is 0 Å². The first-order valence-corrected chi connectivity index (χ1v) is 4.67. The molecule has 0 unspecified atom stereocenters. The van der Waals surface area contributed by atoms with Crippen molar-refractivity contribution in [3.63, 3.8) is 0 Å². The largest absolute Gasteiger partial charge is 0.488 e. The molecule has 0 amide bonds. The summed E-state index contributed by atoms with van der Waals surface area (Å²) in [5, 5.41) is 20.2. The predicted octanol–water partition coefficient (Wildman–Crippen LogP) is 0.817. The molecule has 88 valence electrons. The molecule has 0 aliphatic heterocycles. The molecule has 0 bridgehead atoms. The van der Waals surface area contributed by atoms with E-state index in [2.05, 4.69) is 5.32 Å². The van der Waals surface area contributed by atoms with Gasteiger partial charge < -0.3 is 15.4 Å². The minimum Gasteiger partial charge on any atom is -0.423 e. The van der Waals surface area contributed by atoms with Crippen LogP contribution in [0.1, 0.15) is 12.5 Å². The molecule has 16 heavy (non-hydrogen) atoms. The number of rotatable bonds is 3. The Balaban J connectivity index is 3.21. The van der Waals surface area contributed by atoms with E-state index >= 15 is 0 Å². The van der Waals surface area contributed by atoms with Crippen molar-refractivity contribution in [2.45, 2.75) is 13.1 Å². The van der Waals surface area contributed by atoms with E-state index in [0.717, 1.165) is 6.07 Å². The fourth-order valence-corrected chi connectivity index (χ4v) is 1.30. The molecule has 3 N–H and O–H groups in total. The molecule has 0 spiro atoms. The van der Waals surface area contributed by atoms with Crippen molar-refractivity contribution in [3.05, 3.63) is 23.8 Å². The highest BCUT2D eigenvalue weighted by Gasteiger charge is 2.34. The van der Waals surface area contributed by atoms with Crippen LogP contribution in [-0.2, 0) is 6.18 Å². The van der Waals surface area contributed by atoms with Crippen LogP contribution in [-0.4, -0.2) is 23.7 Å². The van der Waals surface area contributed by atoms with Gasteiger partial charge in [0.15, 0.2) is 0 Å². The summed E-state index contributed by atoms with van der Waals surface area (Å²) < 4.78 is 37.8. The van der Waals surface area contributed by atoms with E-state index in [1.54, 1.807) is 6.92 Å². The van der Waals surface area contributed by atoms with Gasteiger partial charge in [-0.3, -0.25) is 0 Å². The summed E-state index contributed by atoms with van der Waals surface area (Å²) in [5.41, 5.74) is -1.16. The number of hydrogen-bond donors (Lipinski definition) is 3. The number of nitrogens with one attached hydrogen (secondary N) is 1. The van der Waals surface area contributed by atoms with E-state index < -0.39 is 18.9 Å². The van der Waals surface area contributed by atoms with Crippen LogP contribution in [0.3, 0.4) is 0 Å². The lowest BCUT2D eigenvalue weighted by atomic mass is 9.79. The van der Waals surface area contributed by atoms with Gasteiger partial charge in [0, 0.05) is 12.2 Å². The summed E-state index contributed by atoms with van der Waals surface area (Å²) in [7, 11) is -1.91. The standard InChI is InChI=1S/C9H11BF3NO2/c1-2-14-8-4-3-6(10(15)16)5-7(8)9(11,12)13/h3-5,14-16H,2H2,1H3. The number of halogens is 3. The van der Waals surface area contributed by atoms with Crippen LogP contribution >= 0.6 is 0 Å². The van der Waals surface area contributed by atoms with Gasteiger partial charge in [0.1, 0.15) is 0 Å². The van der Waals surface area contributed by atoms with Gasteiger partial charge in [-0.2, -0.15) is 13.2 Å². The Kier molecular flexibility index (Phi) is 3.82. The molecular formula is C9H11BF3NO2. The van der Waals surface area contributed by atoms with E-state index in [0.29, 0.717) is 6.54 Å². The van der Waals surface area contributed by atoms with Crippen molar-refractivity contribution in [1.82, 2.24) is 0 Å². The van der Waals surface area contributed by atoms with Crippen molar-refractivity contribution in [2.75, 3.05) is 11.9 Å². The first-order valence-electron chi connectivity index (χ1n) is 4.67. The lowest BCUT2D eigenvalue weighted by Gasteiger charge is -2.15. The van der Waals surface area contributed by atoms with E-state index in [9.17, 15) is 13.2 Å². The molecule has 1 rings (SSSR count). The smallest absolute Gasteiger partial charge is 0.423 e.